The third-order valence-corrected chi connectivity index (χ3v) is 1.59. The van der Waals surface area contributed by atoms with E-state index >= 15 is 0 Å². The molecule has 17 heavy (non-hydrogen) atoms. The quantitative estimate of drug-likeness (QED) is 0.616. The van der Waals surface area contributed by atoms with E-state index in [1.54, 1.807) is 20.8 Å². The van der Waals surface area contributed by atoms with Gasteiger partial charge in [-0.05, 0) is 25.7 Å². The Bertz CT molecular complexity index is 421. The zero-order chi connectivity index (χ0) is 13.1. The average molecular weight is 242 g/mol. The first-order chi connectivity index (χ1) is 7.78. The second kappa shape index (κ2) is 4.91. The van der Waals surface area contributed by atoms with E-state index in [0.717, 1.165) is 0 Å². The first kappa shape index (κ1) is 13.1. The van der Waals surface area contributed by atoms with Gasteiger partial charge in [-0.2, -0.15) is 4.68 Å². The molecule has 1 N–H and O–H groups in total. The van der Waals surface area contributed by atoms with Crippen LogP contribution in [0.25, 0.3) is 0 Å². The maximum absolute atomic E-state index is 11.4. The molecule has 0 spiro atoms. The standard InChI is InChI=1S/C9H14N4O4/c1-9(2,3)17-11-8(14)6-12-5-4-7(10-12)13(15)16/h4-5H,6H2,1-3H3,(H,11,14). The van der Waals surface area contributed by atoms with Gasteiger partial charge in [0.2, 0.25) is 0 Å². The number of aromatic nitrogens is 2. The molecule has 0 aliphatic carbocycles. The zero-order valence-electron chi connectivity index (χ0n) is 9.84. The Kier molecular flexibility index (Phi) is 3.79. The fourth-order valence-corrected chi connectivity index (χ4v) is 0.926. The molecule has 1 heterocycles. The molecular formula is C9H14N4O4. The molecule has 0 radical (unpaired) electrons. The van der Waals surface area contributed by atoms with Crippen LogP contribution < -0.4 is 5.48 Å². The summed E-state index contributed by atoms with van der Waals surface area (Å²) >= 11 is 0. The Morgan fingerprint density at radius 2 is 2.29 bits per heavy atom. The third kappa shape index (κ3) is 4.60. The number of nitro groups is 1. The molecule has 0 aliphatic rings. The number of carbonyl (C=O) groups is 1. The van der Waals surface area contributed by atoms with Crippen LogP contribution in [0, 0.1) is 10.1 Å². The maximum Gasteiger partial charge on any atom is 0.389 e. The van der Waals surface area contributed by atoms with Crippen molar-refractivity contribution >= 4 is 11.7 Å². The van der Waals surface area contributed by atoms with Gasteiger partial charge in [-0.25, -0.2) is 5.48 Å². The van der Waals surface area contributed by atoms with E-state index < -0.39 is 16.4 Å². The summed E-state index contributed by atoms with van der Waals surface area (Å²) in [4.78, 5) is 26.2. The Morgan fingerprint density at radius 3 is 2.76 bits per heavy atom. The third-order valence-electron chi connectivity index (χ3n) is 1.59. The van der Waals surface area contributed by atoms with Crippen LogP contribution in [0.3, 0.4) is 0 Å². The lowest BCUT2D eigenvalue weighted by Crippen LogP contribution is -2.35. The molecule has 1 rings (SSSR count). The van der Waals surface area contributed by atoms with Crippen LogP contribution in [0.4, 0.5) is 5.82 Å². The van der Waals surface area contributed by atoms with E-state index in [-0.39, 0.29) is 12.4 Å². The number of nitrogens with zero attached hydrogens (tertiary/aromatic N) is 3. The monoisotopic (exact) mass is 242 g/mol. The van der Waals surface area contributed by atoms with Gasteiger partial charge in [0.1, 0.15) is 6.54 Å². The molecule has 0 bridgehead atoms. The van der Waals surface area contributed by atoms with Crippen LogP contribution in [0.2, 0.25) is 0 Å². The summed E-state index contributed by atoms with van der Waals surface area (Å²) in [7, 11) is 0. The van der Waals surface area contributed by atoms with Crippen LogP contribution >= 0.6 is 0 Å². The van der Waals surface area contributed by atoms with Crippen molar-refractivity contribution in [1.29, 1.82) is 0 Å². The van der Waals surface area contributed by atoms with E-state index in [1.807, 2.05) is 0 Å². The molecule has 1 aromatic heterocycles. The van der Waals surface area contributed by atoms with Crippen molar-refractivity contribution in [3.63, 3.8) is 0 Å². The second-order valence-corrected chi connectivity index (χ2v) is 4.37. The molecule has 0 unspecified atom stereocenters. The fourth-order valence-electron chi connectivity index (χ4n) is 0.926. The van der Waals surface area contributed by atoms with Crippen LogP contribution in [-0.2, 0) is 16.2 Å². The second-order valence-electron chi connectivity index (χ2n) is 4.37. The van der Waals surface area contributed by atoms with E-state index in [1.165, 1.54) is 16.9 Å². The number of amides is 1. The van der Waals surface area contributed by atoms with Crippen molar-refractivity contribution < 1.29 is 14.6 Å². The molecule has 8 nitrogen and oxygen atoms in total. The normalized spacial score (nSPS) is 11.2. The van der Waals surface area contributed by atoms with Crippen molar-refractivity contribution in [2.45, 2.75) is 32.9 Å². The molecule has 0 atom stereocenters. The van der Waals surface area contributed by atoms with Gasteiger partial charge in [-0.1, -0.05) is 0 Å². The molecular weight excluding hydrogens is 228 g/mol. The van der Waals surface area contributed by atoms with E-state index in [9.17, 15) is 14.9 Å². The van der Waals surface area contributed by atoms with E-state index in [2.05, 4.69) is 10.6 Å². The van der Waals surface area contributed by atoms with Gasteiger partial charge in [-0.3, -0.25) is 9.63 Å². The molecule has 0 fully saturated rings. The summed E-state index contributed by atoms with van der Waals surface area (Å²) < 4.78 is 1.17. The topological polar surface area (TPSA) is 99.3 Å². The Labute approximate surface area is 97.7 Å². The van der Waals surface area contributed by atoms with Gasteiger partial charge in [0.25, 0.3) is 5.91 Å². The Balaban J connectivity index is 2.48. The van der Waals surface area contributed by atoms with Crippen molar-refractivity contribution in [3.8, 4) is 0 Å². The predicted molar refractivity (Wildman–Crippen MR) is 57.9 cm³/mol. The highest BCUT2D eigenvalue weighted by molar-refractivity contribution is 5.74. The number of carbonyl (C=O) groups excluding carboxylic acids is 1. The summed E-state index contributed by atoms with van der Waals surface area (Å²) in [5.41, 5.74) is 1.75. The molecule has 1 amide bonds. The van der Waals surface area contributed by atoms with Crippen molar-refractivity contribution in [3.05, 3.63) is 22.4 Å². The number of nitrogens with one attached hydrogen (secondary N) is 1. The van der Waals surface area contributed by atoms with Gasteiger partial charge >= 0.3 is 5.82 Å². The van der Waals surface area contributed by atoms with Gasteiger partial charge in [-0.15, -0.1) is 0 Å². The first-order valence-corrected chi connectivity index (χ1v) is 4.92. The van der Waals surface area contributed by atoms with E-state index in [4.69, 9.17) is 4.84 Å². The summed E-state index contributed by atoms with van der Waals surface area (Å²) in [6.45, 7) is 5.22. The minimum atomic E-state index is -0.625. The number of hydrogen-bond donors (Lipinski definition) is 1. The molecule has 0 aromatic carbocycles. The molecule has 8 heteroatoms. The molecule has 0 saturated carbocycles. The lowest BCUT2D eigenvalue weighted by molar-refractivity contribution is -0.389. The molecule has 1 aromatic rings. The van der Waals surface area contributed by atoms with Gasteiger partial charge < -0.3 is 10.1 Å². The predicted octanol–water partition coefficient (Wildman–Crippen LogP) is 0.638. The van der Waals surface area contributed by atoms with Gasteiger partial charge in [0.15, 0.2) is 0 Å². The smallest absolute Gasteiger partial charge is 0.358 e. The zero-order valence-corrected chi connectivity index (χ0v) is 9.84. The Morgan fingerprint density at radius 1 is 1.65 bits per heavy atom. The minimum absolute atomic E-state index is 0.135. The molecule has 0 saturated heterocycles. The molecule has 0 aliphatic heterocycles. The Hall–Kier alpha value is -1.96. The van der Waals surface area contributed by atoms with Crippen LogP contribution in [0.5, 0.6) is 0 Å². The summed E-state index contributed by atoms with van der Waals surface area (Å²) in [6, 6.07) is 1.22. The van der Waals surface area contributed by atoms with Crippen molar-refractivity contribution in [2.75, 3.05) is 0 Å². The summed E-state index contributed by atoms with van der Waals surface area (Å²) in [5, 5.41) is 14.0. The van der Waals surface area contributed by atoms with Crippen molar-refractivity contribution in [2.24, 2.45) is 0 Å². The van der Waals surface area contributed by atoms with Crippen LogP contribution in [0.15, 0.2) is 12.3 Å². The summed E-state index contributed by atoms with van der Waals surface area (Å²) in [5.74, 6) is -0.729. The highest BCUT2D eigenvalue weighted by atomic mass is 16.7. The number of rotatable bonds is 4. The summed E-state index contributed by atoms with van der Waals surface area (Å²) in [6.07, 6.45) is 1.36. The first-order valence-electron chi connectivity index (χ1n) is 4.92. The lowest BCUT2D eigenvalue weighted by Gasteiger charge is -2.18. The van der Waals surface area contributed by atoms with Crippen molar-refractivity contribution in [1.82, 2.24) is 15.3 Å². The minimum Gasteiger partial charge on any atom is -0.358 e. The number of hydrogen-bond acceptors (Lipinski definition) is 5. The van der Waals surface area contributed by atoms with E-state index in [0.29, 0.717) is 0 Å². The molecule has 94 valence electrons. The lowest BCUT2D eigenvalue weighted by atomic mass is 10.2. The largest absolute Gasteiger partial charge is 0.389 e. The fraction of sp³-hybridized carbons (Fsp3) is 0.556. The van der Waals surface area contributed by atoms with Crippen LogP contribution in [-0.4, -0.2) is 26.2 Å². The van der Waals surface area contributed by atoms with Gasteiger partial charge in [0, 0.05) is 0 Å². The highest BCUT2D eigenvalue weighted by Crippen LogP contribution is 2.06. The van der Waals surface area contributed by atoms with Crippen LogP contribution in [0.1, 0.15) is 20.8 Å². The highest BCUT2D eigenvalue weighted by Gasteiger charge is 2.16. The maximum atomic E-state index is 11.4. The number of hydroxylamine groups is 1. The average Bonchev–Trinajstić information content (AvgIpc) is 2.62. The SMILES string of the molecule is CC(C)(C)ONC(=O)Cn1ccc([N+](=O)[O-])n1. The van der Waals surface area contributed by atoms with Gasteiger partial charge in [0.05, 0.1) is 23.0 Å².